The molecule has 0 spiro atoms. The Hall–Kier alpha value is -2.53. The first-order valence-corrected chi connectivity index (χ1v) is 8.47. The largest absolute Gasteiger partial charge is 0.464 e. The summed E-state index contributed by atoms with van der Waals surface area (Å²) in [6.45, 7) is 0. The molecular formula is C18H14N2O2S. The van der Waals surface area contributed by atoms with Gasteiger partial charge in [0.2, 0.25) is 6.23 Å². The molecule has 0 saturated heterocycles. The van der Waals surface area contributed by atoms with Crippen molar-refractivity contribution in [2.24, 2.45) is 5.10 Å². The van der Waals surface area contributed by atoms with Gasteiger partial charge in [-0.3, -0.25) is 0 Å². The summed E-state index contributed by atoms with van der Waals surface area (Å²) in [5, 5.41) is 8.97. The highest BCUT2D eigenvalue weighted by molar-refractivity contribution is 7.10. The fraction of sp³-hybridized carbons (Fsp3) is 0.167. The van der Waals surface area contributed by atoms with Gasteiger partial charge in [-0.1, -0.05) is 24.3 Å². The van der Waals surface area contributed by atoms with Crippen LogP contribution in [0, 0.1) is 0 Å². The van der Waals surface area contributed by atoms with Gasteiger partial charge in [0.25, 0.3) is 0 Å². The van der Waals surface area contributed by atoms with Gasteiger partial charge in [0.1, 0.15) is 17.2 Å². The number of ether oxygens (including phenoxy) is 1. The quantitative estimate of drug-likeness (QED) is 0.693. The number of hydrogen-bond acceptors (Lipinski definition) is 5. The lowest BCUT2D eigenvalue weighted by molar-refractivity contribution is -0.0165. The van der Waals surface area contributed by atoms with Crippen molar-refractivity contribution < 1.29 is 9.15 Å². The van der Waals surface area contributed by atoms with Gasteiger partial charge >= 0.3 is 0 Å². The molecule has 3 aromatic rings. The van der Waals surface area contributed by atoms with Gasteiger partial charge in [0, 0.05) is 12.0 Å². The number of hydrogen-bond donors (Lipinski definition) is 0. The Kier molecular flexibility index (Phi) is 2.81. The Morgan fingerprint density at radius 1 is 1.09 bits per heavy atom. The second kappa shape index (κ2) is 4.99. The van der Waals surface area contributed by atoms with E-state index < -0.39 is 0 Å². The van der Waals surface area contributed by atoms with Crippen molar-refractivity contribution in [1.82, 2.24) is 5.01 Å². The summed E-state index contributed by atoms with van der Waals surface area (Å²) in [6, 6.07) is 16.4. The molecule has 1 aromatic carbocycles. The molecule has 114 valence electrons. The second-order valence-corrected chi connectivity index (χ2v) is 6.63. The van der Waals surface area contributed by atoms with Gasteiger partial charge < -0.3 is 9.15 Å². The van der Waals surface area contributed by atoms with E-state index in [4.69, 9.17) is 14.3 Å². The van der Waals surface area contributed by atoms with E-state index in [9.17, 15) is 0 Å². The standard InChI is InChI=1S/C18H14N2O2S/c1-2-6-15-12(5-1)14-11-13(16-7-3-9-21-16)19-20(14)18(22-15)17-8-4-10-23-17/h1-10,14,18H,11H2. The molecule has 0 fully saturated rings. The van der Waals surface area contributed by atoms with Crippen molar-refractivity contribution in [2.45, 2.75) is 18.7 Å². The van der Waals surface area contributed by atoms with Crippen LogP contribution in [0.4, 0.5) is 0 Å². The Bertz CT molecular complexity index is 855. The number of fused-ring (bicyclic) bond motifs is 3. The molecule has 0 aliphatic carbocycles. The van der Waals surface area contributed by atoms with Crippen LogP contribution in [-0.4, -0.2) is 10.7 Å². The third kappa shape index (κ3) is 2.00. The van der Waals surface area contributed by atoms with E-state index in [0.29, 0.717) is 0 Å². The van der Waals surface area contributed by atoms with Crippen LogP contribution >= 0.6 is 11.3 Å². The molecule has 2 aliphatic rings. The van der Waals surface area contributed by atoms with Gasteiger partial charge in [-0.25, -0.2) is 5.01 Å². The maximum Gasteiger partial charge on any atom is 0.222 e. The normalized spacial score (nSPS) is 22.3. The molecule has 4 heterocycles. The van der Waals surface area contributed by atoms with Crippen LogP contribution < -0.4 is 4.74 Å². The first kappa shape index (κ1) is 13.0. The number of rotatable bonds is 2. The molecule has 0 radical (unpaired) electrons. The number of para-hydroxylation sites is 1. The van der Waals surface area contributed by atoms with Crippen LogP contribution in [0.3, 0.4) is 0 Å². The Morgan fingerprint density at radius 3 is 2.87 bits per heavy atom. The van der Waals surface area contributed by atoms with Gasteiger partial charge in [-0.15, -0.1) is 11.3 Å². The molecule has 5 heteroatoms. The van der Waals surface area contributed by atoms with E-state index in [1.165, 1.54) is 5.56 Å². The minimum Gasteiger partial charge on any atom is -0.464 e. The highest BCUT2D eigenvalue weighted by Crippen LogP contribution is 2.47. The van der Waals surface area contributed by atoms with Gasteiger partial charge in [-0.05, 0) is 29.6 Å². The molecule has 2 atom stereocenters. The summed E-state index contributed by atoms with van der Waals surface area (Å²) in [4.78, 5) is 1.16. The number of furan rings is 1. The SMILES string of the molecule is c1coc(C2=NN3C(C2)c2ccccc2OC3c2cccs2)c1. The lowest BCUT2D eigenvalue weighted by atomic mass is 9.98. The van der Waals surface area contributed by atoms with Crippen molar-refractivity contribution in [3.63, 3.8) is 0 Å². The zero-order valence-corrected chi connectivity index (χ0v) is 13.1. The number of hydrazone groups is 1. The molecule has 23 heavy (non-hydrogen) atoms. The van der Waals surface area contributed by atoms with Gasteiger partial charge in [-0.2, -0.15) is 5.10 Å². The highest BCUT2D eigenvalue weighted by Gasteiger charge is 2.41. The average Bonchev–Trinajstić information content (AvgIpc) is 3.34. The van der Waals surface area contributed by atoms with Crippen molar-refractivity contribution in [3.05, 3.63) is 76.4 Å². The summed E-state index contributed by atoms with van der Waals surface area (Å²) in [5.41, 5.74) is 2.16. The van der Waals surface area contributed by atoms with E-state index in [2.05, 4.69) is 28.6 Å². The zero-order chi connectivity index (χ0) is 15.2. The summed E-state index contributed by atoms with van der Waals surface area (Å²) >= 11 is 1.69. The summed E-state index contributed by atoms with van der Waals surface area (Å²) < 4.78 is 11.8. The second-order valence-electron chi connectivity index (χ2n) is 5.65. The van der Waals surface area contributed by atoms with Crippen molar-refractivity contribution in [3.8, 4) is 5.75 Å². The molecule has 2 aliphatic heterocycles. The minimum atomic E-state index is -0.178. The predicted octanol–water partition coefficient (Wildman–Crippen LogP) is 4.58. The smallest absolute Gasteiger partial charge is 0.222 e. The third-order valence-electron chi connectivity index (χ3n) is 4.29. The van der Waals surface area contributed by atoms with E-state index in [0.717, 1.165) is 28.5 Å². The predicted molar refractivity (Wildman–Crippen MR) is 88.6 cm³/mol. The maximum absolute atomic E-state index is 6.25. The number of thiophene rings is 1. The summed E-state index contributed by atoms with van der Waals surface area (Å²) in [7, 11) is 0. The monoisotopic (exact) mass is 322 g/mol. The van der Waals surface area contributed by atoms with Gasteiger partial charge in [0.05, 0.1) is 17.2 Å². The molecule has 2 aromatic heterocycles. The Labute approximate surface area is 137 Å². The molecule has 5 rings (SSSR count). The lowest BCUT2D eigenvalue weighted by Gasteiger charge is -2.37. The molecule has 0 N–H and O–H groups in total. The van der Waals surface area contributed by atoms with Crippen LogP contribution in [0.2, 0.25) is 0 Å². The molecule has 0 saturated carbocycles. The summed E-state index contributed by atoms with van der Waals surface area (Å²) in [5.74, 6) is 1.78. The Morgan fingerprint density at radius 2 is 2.04 bits per heavy atom. The molecule has 0 bridgehead atoms. The van der Waals surface area contributed by atoms with Crippen LogP contribution in [-0.2, 0) is 0 Å². The fourth-order valence-corrected chi connectivity index (χ4v) is 3.99. The van der Waals surface area contributed by atoms with Crippen molar-refractivity contribution >= 4 is 17.0 Å². The number of nitrogens with zero attached hydrogens (tertiary/aromatic N) is 2. The lowest BCUT2D eigenvalue weighted by Crippen LogP contribution is -2.33. The van der Waals surface area contributed by atoms with Gasteiger partial charge in [0.15, 0.2) is 0 Å². The molecule has 0 amide bonds. The zero-order valence-electron chi connectivity index (χ0n) is 12.3. The van der Waals surface area contributed by atoms with Crippen LogP contribution in [0.25, 0.3) is 0 Å². The minimum absolute atomic E-state index is 0.178. The first-order chi connectivity index (χ1) is 11.4. The van der Waals surface area contributed by atoms with Crippen molar-refractivity contribution in [2.75, 3.05) is 0 Å². The highest BCUT2D eigenvalue weighted by atomic mass is 32.1. The summed E-state index contributed by atoms with van der Waals surface area (Å²) in [6.07, 6.45) is 2.34. The topological polar surface area (TPSA) is 38.0 Å². The van der Waals surface area contributed by atoms with Crippen molar-refractivity contribution in [1.29, 1.82) is 0 Å². The van der Waals surface area contributed by atoms with E-state index in [1.807, 2.05) is 30.3 Å². The molecular weight excluding hydrogens is 308 g/mol. The third-order valence-corrected chi connectivity index (χ3v) is 5.19. The average molecular weight is 322 g/mol. The first-order valence-electron chi connectivity index (χ1n) is 7.59. The number of benzene rings is 1. The Balaban J connectivity index is 1.62. The fourth-order valence-electron chi connectivity index (χ4n) is 3.25. The molecule has 4 nitrogen and oxygen atoms in total. The van der Waals surface area contributed by atoms with Crippen LogP contribution in [0.1, 0.15) is 34.9 Å². The van der Waals surface area contributed by atoms with E-state index in [1.54, 1.807) is 17.6 Å². The van der Waals surface area contributed by atoms with E-state index >= 15 is 0 Å². The molecule has 2 unspecified atom stereocenters. The maximum atomic E-state index is 6.25. The van der Waals surface area contributed by atoms with Crippen LogP contribution in [0.5, 0.6) is 5.75 Å². The van der Waals surface area contributed by atoms with Crippen LogP contribution in [0.15, 0.2) is 69.7 Å². The van der Waals surface area contributed by atoms with E-state index in [-0.39, 0.29) is 12.3 Å².